The number of rotatable bonds is 2. The molecule has 1 amide bonds. The zero-order chi connectivity index (χ0) is 16.6. The van der Waals surface area contributed by atoms with Gasteiger partial charge in [-0.3, -0.25) is 4.79 Å². The largest absolute Gasteiger partial charge is 0.436 e. The van der Waals surface area contributed by atoms with Crippen molar-refractivity contribution in [3.8, 4) is 11.5 Å². The van der Waals surface area contributed by atoms with E-state index in [1.165, 1.54) is 6.07 Å². The van der Waals surface area contributed by atoms with E-state index in [0.29, 0.717) is 22.7 Å². The van der Waals surface area contributed by atoms with Gasteiger partial charge in [-0.2, -0.15) is 0 Å². The van der Waals surface area contributed by atoms with Gasteiger partial charge >= 0.3 is 0 Å². The molecule has 3 rings (SSSR count). The van der Waals surface area contributed by atoms with E-state index in [1.54, 1.807) is 36.4 Å². The molecule has 118 valence electrons. The van der Waals surface area contributed by atoms with E-state index in [0.717, 1.165) is 0 Å². The van der Waals surface area contributed by atoms with Crippen molar-refractivity contribution < 1.29 is 13.6 Å². The maximum atomic E-state index is 13.7. The van der Waals surface area contributed by atoms with Gasteiger partial charge in [-0.25, -0.2) is 9.37 Å². The lowest BCUT2D eigenvalue weighted by atomic mass is 9.95. The number of carbonyl (C=O) groups excluding carboxylic acids is 1. The van der Waals surface area contributed by atoms with Crippen LogP contribution in [0.15, 0.2) is 46.9 Å². The van der Waals surface area contributed by atoms with Gasteiger partial charge in [-0.1, -0.05) is 26.8 Å². The molecule has 0 fully saturated rings. The summed E-state index contributed by atoms with van der Waals surface area (Å²) in [6.07, 6.45) is 0. The summed E-state index contributed by atoms with van der Waals surface area (Å²) in [7, 11) is 0. The van der Waals surface area contributed by atoms with Crippen LogP contribution in [0.5, 0.6) is 0 Å². The summed E-state index contributed by atoms with van der Waals surface area (Å²) in [6, 6.07) is 11.7. The van der Waals surface area contributed by atoms with Crippen molar-refractivity contribution >= 4 is 22.7 Å². The maximum absolute atomic E-state index is 13.7. The zero-order valence-electron chi connectivity index (χ0n) is 13.2. The topological polar surface area (TPSA) is 55.1 Å². The molecular weight excluding hydrogens is 295 g/mol. The van der Waals surface area contributed by atoms with Crippen LogP contribution in [0.25, 0.3) is 22.6 Å². The average molecular weight is 312 g/mol. The molecule has 0 atom stereocenters. The Morgan fingerprint density at radius 1 is 1.13 bits per heavy atom. The first-order valence-electron chi connectivity index (χ1n) is 7.31. The average Bonchev–Trinajstić information content (AvgIpc) is 2.92. The van der Waals surface area contributed by atoms with E-state index in [-0.39, 0.29) is 11.4 Å². The van der Waals surface area contributed by atoms with Crippen molar-refractivity contribution in [1.29, 1.82) is 0 Å². The summed E-state index contributed by atoms with van der Waals surface area (Å²) in [4.78, 5) is 16.1. The van der Waals surface area contributed by atoms with Gasteiger partial charge in [0.15, 0.2) is 11.4 Å². The molecule has 0 spiro atoms. The third-order valence-corrected chi connectivity index (χ3v) is 3.44. The number of para-hydroxylation sites is 1. The molecular formula is C18H17FN2O2. The Labute approximate surface area is 133 Å². The van der Waals surface area contributed by atoms with E-state index in [2.05, 4.69) is 10.3 Å². The SMILES string of the molecule is CC(C)(C)C(=O)Nc1ccc(-c2nc3c(F)cccc3o2)cc1. The highest BCUT2D eigenvalue weighted by Gasteiger charge is 2.21. The highest BCUT2D eigenvalue weighted by Crippen LogP contribution is 2.27. The zero-order valence-corrected chi connectivity index (χ0v) is 13.2. The lowest BCUT2D eigenvalue weighted by Gasteiger charge is -2.17. The molecule has 0 radical (unpaired) electrons. The molecule has 23 heavy (non-hydrogen) atoms. The monoisotopic (exact) mass is 312 g/mol. The van der Waals surface area contributed by atoms with Gasteiger partial charge in [0.05, 0.1) is 0 Å². The molecule has 0 aliphatic heterocycles. The van der Waals surface area contributed by atoms with Crippen molar-refractivity contribution in [1.82, 2.24) is 4.98 Å². The molecule has 1 N–H and O–H groups in total. The Balaban J connectivity index is 1.86. The van der Waals surface area contributed by atoms with Gasteiger partial charge in [-0.05, 0) is 36.4 Å². The molecule has 0 aliphatic carbocycles. The predicted molar refractivity (Wildman–Crippen MR) is 87.5 cm³/mol. The fourth-order valence-corrected chi connectivity index (χ4v) is 2.05. The Morgan fingerprint density at radius 2 is 1.83 bits per heavy atom. The third kappa shape index (κ3) is 3.08. The number of aromatic nitrogens is 1. The van der Waals surface area contributed by atoms with E-state index >= 15 is 0 Å². The minimum atomic E-state index is -0.462. The predicted octanol–water partition coefficient (Wildman–Crippen LogP) is 4.62. The van der Waals surface area contributed by atoms with Gasteiger partial charge in [0, 0.05) is 16.7 Å². The molecule has 3 aromatic rings. The fraction of sp³-hybridized carbons (Fsp3) is 0.222. The third-order valence-electron chi connectivity index (χ3n) is 3.44. The molecule has 5 heteroatoms. The second-order valence-corrected chi connectivity index (χ2v) is 6.39. The molecule has 0 bridgehead atoms. The summed E-state index contributed by atoms with van der Waals surface area (Å²) in [5.74, 6) is -0.125. The number of benzene rings is 2. The Kier molecular flexibility index (Phi) is 3.64. The smallest absolute Gasteiger partial charge is 0.229 e. The molecule has 4 nitrogen and oxygen atoms in total. The Morgan fingerprint density at radius 3 is 2.43 bits per heavy atom. The number of fused-ring (bicyclic) bond motifs is 1. The second kappa shape index (κ2) is 5.50. The van der Waals surface area contributed by atoms with Crippen LogP contribution in [0.1, 0.15) is 20.8 Å². The number of anilines is 1. The fourth-order valence-electron chi connectivity index (χ4n) is 2.05. The number of amides is 1. The van der Waals surface area contributed by atoms with Gasteiger partial charge in [-0.15, -0.1) is 0 Å². The molecule has 2 aromatic carbocycles. The van der Waals surface area contributed by atoms with Crippen LogP contribution in [0, 0.1) is 11.2 Å². The van der Waals surface area contributed by atoms with Crippen molar-refractivity contribution in [2.24, 2.45) is 5.41 Å². The molecule has 1 heterocycles. The summed E-state index contributed by atoms with van der Waals surface area (Å²) in [6.45, 7) is 5.55. The van der Waals surface area contributed by atoms with E-state index in [1.807, 2.05) is 20.8 Å². The van der Waals surface area contributed by atoms with Crippen LogP contribution < -0.4 is 5.32 Å². The summed E-state index contributed by atoms with van der Waals surface area (Å²) < 4.78 is 19.2. The minimum absolute atomic E-state index is 0.0609. The van der Waals surface area contributed by atoms with Crippen molar-refractivity contribution in [2.75, 3.05) is 5.32 Å². The van der Waals surface area contributed by atoms with Crippen LogP contribution in [-0.2, 0) is 4.79 Å². The number of nitrogens with zero attached hydrogens (tertiary/aromatic N) is 1. The van der Waals surface area contributed by atoms with Crippen LogP contribution in [0.4, 0.5) is 10.1 Å². The lowest BCUT2D eigenvalue weighted by Crippen LogP contribution is -2.27. The molecule has 0 aliphatic rings. The number of halogens is 1. The van der Waals surface area contributed by atoms with Crippen LogP contribution in [0.3, 0.4) is 0 Å². The molecule has 0 saturated heterocycles. The molecule has 0 saturated carbocycles. The van der Waals surface area contributed by atoms with E-state index in [4.69, 9.17) is 4.42 Å². The number of carbonyl (C=O) groups is 1. The van der Waals surface area contributed by atoms with Gasteiger partial charge in [0.1, 0.15) is 5.52 Å². The van der Waals surface area contributed by atoms with Gasteiger partial charge in [0.2, 0.25) is 11.8 Å². The summed E-state index contributed by atoms with van der Waals surface area (Å²) >= 11 is 0. The van der Waals surface area contributed by atoms with Crippen molar-refractivity contribution in [3.63, 3.8) is 0 Å². The Bertz CT molecular complexity index is 861. The summed E-state index contributed by atoms with van der Waals surface area (Å²) in [5, 5.41) is 2.85. The molecule has 0 unspecified atom stereocenters. The second-order valence-electron chi connectivity index (χ2n) is 6.39. The first kappa shape index (κ1) is 15.2. The van der Waals surface area contributed by atoms with Crippen molar-refractivity contribution in [3.05, 3.63) is 48.3 Å². The quantitative estimate of drug-likeness (QED) is 0.751. The van der Waals surface area contributed by atoms with Crippen molar-refractivity contribution in [2.45, 2.75) is 20.8 Å². The first-order chi connectivity index (χ1) is 10.8. The van der Waals surface area contributed by atoms with E-state index < -0.39 is 11.2 Å². The normalized spacial score (nSPS) is 11.7. The van der Waals surface area contributed by atoms with E-state index in [9.17, 15) is 9.18 Å². The lowest BCUT2D eigenvalue weighted by molar-refractivity contribution is -0.123. The van der Waals surface area contributed by atoms with Gasteiger partial charge < -0.3 is 9.73 Å². The number of oxazole rings is 1. The molecule has 1 aromatic heterocycles. The summed E-state index contributed by atoms with van der Waals surface area (Å²) in [5.41, 5.74) is 1.57. The standard InChI is InChI=1S/C18H17FN2O2/c1-18(2,3)17(22)20-12-9-7-11(8-10-12)16-21-15-13(19)5-4-6-14(15)23-16/h4-10H,1-3H3,(H,20,22). The highest BCUT2D eigenvalue weighted by molar-refractivity contribution is 5.94. The van der Waals surface area contributed by atoms with Crippen LogP contribution in [0.2, 0.25) is 0 Å². The van der Waals surface area contributed by atoms with Crippen LogP contribution in [-0.4, -0.2) is 10.9 Å². The van der Waals surface area contributed by atoms with Crippen LogP contribution >= 0.6 is 0 Å². The number of hydrogen-bond donors (Lipinski definition) is 1. The number of nitrogens with one attached hydrogen (secondary N) is 1. The Hall–Kier alpha value is -2.69. The highest BCUT2D eigenvalue weighted by atomic mass is 19.1. The maximum Gasteiger partial charge on any atom is 0.229 e. The van der Waals surface area contributed by atoms with Gasteiger partial charge in [0.25, 0.3) is 0 Å². The number of hydrogen-bond acceptors (Lipinski definition) is 3. The minimum Gasteiger partial charge on any atom is -0.436 e. The first-order valence-corrected chi connectivity index (χ1v) is 7.31.